The fraction of sp³-hybridized carbons (Fsp3) is 0. The zero-order valence-corrected chi connectivity index (χ0v) is 4.23. The van der Waals surface area contributed by atoms with Gasteiger partial charge in [-0.3, -0.25) is 0 Å². The minimum absolute atomic E-state index is 0. The fourth-order valence-corrected chi connectivity index (χ4v) is 0. The van der Waals surface area contributed by atoms with Gasteiger partial charge in [-0.05, 0) is 0 Å². The summed E-state index contributed by atoms with van der Waals surface area (Å²) in [5.41, 5.74) is 0. The van der Waals surface area contributed by atoms with Crippen LogP contribution in [0.2, 0.25) is 0 Å². The van der Waals surface area contributed by atoms with Crippen molar-refractivity contribution in [3.05, 3.63) is 0 Å². The molecular formula is H2CaO3. The molecule has 0 fully saturated rings. The smallest absolute Gasteiger partial charge is 1.00 e. The van der Waals surface area contributed by atoms with E-state index in [1.54, 1.807) is 0 Å². The third-order valence-corrected chi connectivity index (χ3v) is 0. The van der Waals surface area contributed by atoms with Gasteiger partial charge in [-0.2, -0.15) is 0 Å². The van der Waals surface area contributed by atoms with Gasteiger partial charge >= 0.3 is 37.7 Å². The van der Waals surface area contributed by atoms with Crippen LogP contribution in [0.1, 0.15) is 0 Å². The summed E-state index contributed by atoms with van der Waals surface area (Å²) in [5.74, 6) is 0. The van der Waals surface area contributed by atoms with Gasteiger partial charge in [0.1, 0.15) is 0 Å². The van der Waals surface area contributed by atoms with E-state index in [0.29, 0.717) is 0 Å². The van der Waals surface area contributed by atoms with Crippen molar-refractivity contribution >= 4 is 37.7 Å². The molecule has 0 aliphatic carbocycles. The van der Waals surface area contributed by atoms with Crippen molar-refractivity contribution < 1.29 is 16.0 Å². The van der Waals surface area contributed by atoms with E-state index in [0.717, 1.165) is 0 Å². The molecule has 0 amide bonds. The number of rotatable bonds is 0. The van der Waals surface area contributed by atoms with Crippen LogP contribution >= 0.6 is 0 Å². The normalized spacial score (nSPS) is 1.50. The molecule has 4 heteroatoms. The summed E-state index contributed by atoms with van der Waals surface area (Å²) in [6, 6.07) is 0. The van der Waals surface area contributed by atoms with Gasteiger partial charge in [0.15, 0.2) is 0 Å². The average Bonchev–Trinajstić information content (AvgIpc) is 1.00. The van der Waals surface area contributed by atoms with E-state index in [1.165, 1.54) is 0 Å². The van der Waals surface area contributed by atoms with Crippen LogP contribution in [0.25, 0.3) is 0 Å². The molecule has 0 unspecified atom stereocenters. The summed E-state index contributed by atoms with van der Waals surface area (Å²) in [5, 5.41) is 14.0. The molecule has 0 aliphatic heterocycles. The molecule has 22 valence electrons. The Morgan fingerprint density at radius 2 is 1.00 bits per heavy atom. The molecule has 0 radical (unpaired) electrons. The number of hydrogen-bond acceptors (Lipinski definition) is 2. The maximum absolute atomic E-state index is 7.00. The zero-order chi connectivity index (χ0) is 2.00. The van der Waals surface area contributed by atoms with Gasteiger partial charge in [-0.15, -0.1) is 0 Å². The van der Waals surface area contributed by atoms with Gasteiger partial charge in [0.05, 0.1) is 0 Å². The molecule has 2 N–H and O–H groups in total. The monoisotopic (exact) mass is 90.0 g/mol. The molecule has 0 rings (SSSR count). The molecule has 0 spiro atoms. The Hall–Kier alpha value is 1.14. The first kappa shape index (κ1) is 19.2. The number of hydrogen-bond donors (Lipinski definition) is 0. The van der Waals surface area contributed by atoms with Crippen LogP contribution in [-0.4, -0.2) is 43.2 Å². The molecule has 0 atom stereocenters. The van der Waals surface area contributed by atoms with Crippen LogP contribution in [0.4, 0.5) is 0 Å². The van der Waals surface area contributed by atoms with E-state index in [4.69, 9.17) is 10.5 Å². The Kier molecular flexibility index (Phi) is 151. The minimum atomic E-state index is 0. The fourth-order valence-electron chi connectivity index (χ4n) is 0. The summed E-state index contributed by atoms with van der Waals surface area (Å²) in [6.45, 7) is 0. The standard InChI is InChI=1S/Ca.O2.H2O/c;1-2;/h;;1H2/q+2;-2;. The van der Waals surface area contributed by atoms with Crippen LogP contribution in [0.5, 0.6) is 0 Å². The summed E-state index contributed by atoms with van der Waals surface area (Å²) in [7, 11) is 0. The first-order chi connectivity index (χ1) is 1.00. The zero-order valence-electron chi connectivity index (χ0n) is 2.02. The van der Waals surface area contributed by atoms with E-state index >= 15 is 0 Å². The Morgan fingerprint density at radius 3 is 1.00 bits per heavy atom. The quantitative estimate of drug-likeness (QED) is 0.175. The Labute approximate surface area is 53.5 Å². The maximum Gasteiger partial charge on any atom is 2.00 e. The topological polar surface area (TPSA) is 77.6 Å². The van der Waals surface area contributed by atoms with Crippen LogP contribution in [0, 0.1) is 0 Å². The summed E-state index contributed by atoms with van der Waals surface area (Å²) < 4.78 is 0. The first-order valence-corrected chi connectivity index (χ1v) is 0.167. The predicted molar refractivity (Wildman–Crippen MR) is 9.37 cm³/mol. The Bertz CT molecular complexity index is 3.25. The van der Waals surface area contributed by atoms with E-state index in [-0.39, 0.29) is 43.2 Å². The van der Waals surface area contributed by atoms with Gasteiger partial charge in [0.25, 0.3) is 0 Å². The molecule has 0 bridgehead atoms. The van der Waals surface area contributed by atoms with Crippen molar-refractivity contribution in [1.29, 1.82) is 0 Å². The summed E-state index contributed by atoms with van der Waals surface area (Å²) in [4.78, 5) is 0. The second kappa shape index (κ2) is 31.4. The Morgan fingerprint density at radius 1 is 1.00 bits per heavy atom. The van der Waals surface area contributed by atoms with Crippen molar-refractivity contribution in [1.82, 2.24) is 0 Å². The molecule has 0 aromatic rings. The third-order valence-electron chi connectivity index (χ3n) is 0. The molecule has 4 heavy (non-hydrogen) atoms. The minimum Gasteiger partial charge on any atom is -1.00 e. The maximum atomic E-state index is 7.00. The molecular weight excluding hydrogens is 88.1 g/mol. The second-order valence-corrected chi connectivity index (χ2v) is 0. The summed E-state index contributed by atoms with van der Waals surface area (Å²) in [6.07, 6.45) is 0. The van der Waals surface area contributed by atoms with E-state index < -0.39 is 0 Å². The Balaban J connectivity index is -0.00000000500. The van der Waals surface area contributed by atoms with Crippen molar-refractivity contribution in [2.45, 2.75) is 0 Å². The molecule has 0 aromatic heterocycles. The summed E-state index contributed by atoms with van der Waals surface area (Å²) >= 11 is 0. The van der Waals surface area contributed by atoms with Gasteiger partial charge in [0.2, 0.25) is 0 Å². The van der Waals surface area contributed by atoms with Crippen molar-refractivity contribution in [3.8, 4) is 0 Å². The molecule has 0 heterocycles. The second-order valence-electron chi connectivity index (χ2n) is 0. The SMILES string of the molecule is O.[Ca+2].[O-][O-]. The van der Waals surface area contributed by atoms with Crippen molar-refractivity contribution in [2.24, 2.45) is 0 Å². The van der Waals surface area contributed by atoms with Crippen molar-refractivity contribution in [3.63, 3.8) is 0 Å². The van der Waals surface area contributed by atoms with Crippen LogP contribution < -0.4 is 10.5 Å². The molecule has 0 aromatic carbocycles. The van der Waals surface area contributed by atoms with Crippen LogP contribution in [-0.2, 0) is 0 Å². The average molecular weight is 90.1 g/mol. The molecule has 0 saturated carbocycles. The van der Waals surface area contributed by atoms with Gasteiger partial charge in [-0.1, -0.05) is 0 Å². The molecule has 0 saturated heterocycles. The van der Waals surface area contributed by atoms with Crippen LogP contribution in [0.15, 0.2) is 0 Å². The van der Waals surface area contributed by atoms with E-state index in [1.807, 2.05) is 0 Å². The molecule has 0 aliphatic rings. The van der Waals surface area contributed by atoms with E-state index in [9.17, 15) is 0 Å². The largest absolute Gasteiger partial charge is 2.00 e. The predicted octanol–water partition coefficient (Wildman–Crippen LogP) is -3.58. The first-order valence-electron chi connectivity index (χ1n) is 0.167. The van der Waals surface area contributed by atoms with Gasteiger partial charge in [0, 0.05) is 0 Å². The van der Waals surface area contributed by atoms with Gasteiger partial charge < -0.3 is 16.0 Å². The third kappa shape index (κ3) is 11.1. The molecule has 3 nitrogen and oxygen atoms in total. The van der Waals surface area contributed by atoms with Gasteiger partial charge in [-0.25, -0.2) is 0 Å². The van der Waals surface area contributed by atoms with Crippen molar-refractivity contribution in [2.75, 3.05) is 0 Å². The van der Waals surface area contributed by atoms with E-state index in [2.05, 4.69) is 0 Å². The van der Waals surface area contributed by atoms with Crippen LogP contribution in [0.3, 0.4) is 0 Å².